The van der Waals surface area contributed by atoms with Gasteiger partial charge in [-0.25, -0.2) is 0 Å². The largest absolute Gasteiger partial charge is 0.305 e. The number of nitrogens with one attached hydrogen (secondary N) is 1. The van der Waals surface area contributed by atoms with Crippen LogP contribution in [-0.2, 0) is 0 Å². The van der Waals surface area contributed by atoms with Gasteiger partial charge >= 0.3 is 0 Å². The second-order valence-corrected chi connectivity index (χ2v) is 6.02. The third kappa shape index (κ3) is 3.57. The van der Waals surface area contributed by atoms with Crippen molar-refractivity contribution in [1.82, 2.24) is 5.43 Å². The number of benzene rings is 1. The minimum atomic E-state index is -0.00543. The van der Waals surface area contributed by atoms with E-state index in [1.165, 1.54) is 16.7 Å². The van der Waals surface area contributed by atoms with Gasteiger partial charge in [-0.05, 0) is 38.8 Å². The molecule has 1 N–H and O–H groups in total. The smallest absolute Gasteiger partial charge is 0.0543 e. The van der Waals surface area contributed by atoms with Crippen LogP contribution in [0.25, 0.3) is 0 Å². The van der Waals surface area contributed by atoms with E-state index >= 15 is 0 Å². The van der Waals surface area contributed by atoms with Crippen LogP contribution < -0.4 is 5.43 Å². The first-order chi connectivity index (χ1) is 8.97. The molecule has 0 aliphatic heterocycles. The lowest BCUT2D eigenvalue weighted by Gasteiger charge is -2.18. The molecule has 2 heteroatoms. The summed E-state index contributed by atoms with van der Waals surface area (Å²) in [6.07, 6.45) is 8.45. The Morgan fingerprint density at radius 1 is 1.21 bits per heavy atom. The van der Waals surface area contributed by atoms with Gasteiger partial charge < -0.3 is 5.43 Å². The Balaban J connectivity index is 2.22. The third-order valence-corrected chi connectivity index (χ3v) is 3.09. The SMILES string of the molecule is CC1=CC=CC1c1ccccc1C=NNC(C)(C)C. The van der Waals surface area contributed by atoms with E-state index in [1.54, 1.807) is 0 Å². The van der Waals surface area contributed by atoms with Gasteiger partial charge in [0, 0.05) is 11.5 Å². The van der Waals surface area contributed by atoms with Crippen LogP contribution in [-0.4, -0.2) is 11.8 Å². The van der Waals surface area contributed by atoms with Crippen molar-refractivity contribution in [3.63, 3.8) is 0 Å². The molecule has 1 unspecified atom stereocenters. The molecule has 0 saturated heterocycles. The molecule has 1 aromatic rings. The van der Waals surface area contributed by atoms with Crippen molar-refractivity contribution in [2.45, 2.75) is 39.2 Å². The first kappa shape index (κ1) is 13.6. The van der Waals surface area contributed by atoms with Crippen LogP contribution >= 0.6 is 0 Å². The summed E-state index contributed by atoms with van der Waals surface area (Å²) < 4.78 is 0. The standard InChI is InChI=1S/C17H22N2/c1-13-8-7-11-15(13)16-10-6-5-9-14(16)12-18-19-17(2,3)4/h5-12,15,19H,1-4H3. The van der Waals surface area contributed by atoms with Crippen LogP contribution in [0.5, 0.6) is 0 Å². The molecule has 1 atom stereocenters. The summed E-state index contributed by atoms with van der Waals surface area (Å²) in [4.78, 5) is 0. The van der Waals surface area contributed by atoms with Crippen LogP contribution in [0, 0.1) is 0 Å². The molecule has 2 nitrogen and oxygen atoms in total. The average molecular weight is 254 g/mol. The predicted octanol–water partition coefficient (Wildman–Crippen LogP) is 4.01. The van der Waals surface area contributed by atoms with Gasteiger partial charge in [0.2, 0.25) is 0 Å². The molecule has 1 aliphatic carbocycles. The van der Waals surface area contributed by atoms with E-state index in [2.05, 4.69) is 80.7 Å². The van der Waals surface area contributed by atoms with Crippen LogP contribution in [0.4, 0.5) is 0 Å². The number of hydrogen-bond donors (Lipinski definition) is 1. The van der Waals surface area contributed by atoms with Crippen LogP contribution in [0.2, 0.25) is 0 Å². The highest BCUT2D eigenvalue weighted by Crippen LogP contribution is 2.31. The summed E-state index contributed by atoms with van der Waals surface area (Å²) >= 11 is 0. The van der Waals surface area contributed by atoms with E-state index in [-0.39, 0.29) is 5.54 Å². The van der Waals surface area contributed by atoms with Gasteiger partial charge in [-0.15, -0.1) is 0 Å². The quantitative estimate of drug-likeness (QED) is 0.639. The van der Waals surface area contributed by atoms with Crippen LogP contribution in [0.1, 0.15) is 44.7 Å². The van der Waals surface area contributed by atoms with Crippen molar-refractivity contribution in [3.05, 3.63) is 59.2 Å². The summed E-state index contributed by atoms with van der Waals surface area (Å²) in [5.41, 5.74) is 6.99. The van der Waals surface area contributed by atoms with Crippen molar-refractivity contribution in [2.24, 2.45) is 5.10 Å². The minimum absolute atomic E-state index is 0.00543. The molecule has 0 radical (unpaired) electrons. The normalized spacial score (nSPS) is 18.9. The Bertz CT molecular complexity index is 530. The number of hydrogen-bond acceptors (Lipinski definition) is 2. The van der Waals surface area contributed by atoms with Crippen molar-refractivity contribution >= 4 is 6.21 Å². The van der Waals surface area contributed by atoms with E-state index in [0.717, 1.165) is 0 Å². The molecular weight excluding hydrogens is 232 g/mol. The second-order valence-electron chi connectivity index (χ2n) is 6.02. The lowest BCUT2D eigenvalue weighted by molar-refractivity contribution is 0.442. The fourth-order valence-electron chi connectivity index (χ4n) is 2.13. The van der Waals surface area contributed by atoms with Gasteiger partial charge in [0.05, 0.1) is 6.21 Å². The molecule has 0 amide bonds. The Hall–Kier alpha value is -1.83. The Morgan fingerprint density at radius 3 is 2.58 bits per heavy atom. The highest BCUT2D eigenvalue weighted by atomic mass is 15.3. The molecule has 0 heterocycles. The van der Waals surface area contributed by atoms with Gasteiger partial charge in [-0.3, -0.25) is 0 Å². The number of hydrazone groups is 1. The summed E-state index contributed by atoms with van der Waals surface area (Å²) in [6.45, 7) is 8.47. The molecule has 0 bridgehead atoms. The number of nitrogens with zero attached hydrogens (tertiary/aromatic N) is 1. The lowest BCUT2D eigenvalue weighted by atomic mass is 9.91. The maximum absolute atomic E-state index is 4.35. The maximum atomic E-state index is 4.35. The third-order valence-electron chi connectivity index (χ3n) is 3.09. The van der Waals surface area contributed by atoms with Crippen LogP contribution in [0.3, 0.4) is 0 Å². The van der Waals surface area contributed by atoms with Gasteiger partial charge in [-0.2, -0.15) is 5.10 Å². The minimum Gasteiger partial charge on any atom is -0.305 e. The van der Waals surface area contributed by atoms with E-state index in [0.29, 0.717) is 5.92 Å². The van der Waals surface area contributed by atoms with Gasteiger partial charge in [0.25, 0.3) is 0 Å². The zero-order chi connectivity index (χ0) is 13.9. The summed E-state index contributed by atoms with van der Waals surface area (Å²) in [5, 5.41) is 4.35. The molecule has 0 fully saturated rings. The highest BCUT2D eigenvalue weighted by Gasteiger charge is 2.15. The van der Waals surface area contributed by atoms with Gasteiger partial charge in [0.15, 0.2) is 0 Å². The first-order valence-corrected chi connectivity index (χ1v) is 6.71. The zero-order valence-electron chi connectivity index (χ0n) is 12.1. The number of allylic oxidation sites excluding steroid dienone is 4. The topological polar surface area (TPSA) is 24.4 Å². The fraction of sp³-hybridized carbons (Fsp3) is 0.353. The first-order valence-electron chi connectivity index (χ1n) is 6.71. The number of rotatable bonds is 3. The molecule has 2 rings (SSSR count). The Morgan fingerprint density at radius 2 is 1.95 bits per heavy atom. The van der Waals surface area contributed by atoms with Crippen molar-refractivity contribution < 1.29 is 0 Å². The molecule has 0 spiro atoms. The monoisotopic (exact) mass is 254 g/mol. The van der Waals surface area contributed by atoms with Crippen LogP contribution in [0.15, 0.2) is 53.2 Å². The van der Waals surface area contributed by atoms with E-state index in [1.807, 2.05) is 6.21 Å². The van der Waals surface area contributed by atoms with Crippen molar-refractivity contribution in [1.29, 1.82) is 0 Å². The van der Waals surface area contributed by atoms with E-state index < -0.39 is 0 Å². The Kier molecular flexibility index (Phi) is 3.89. The molecule has 100 valence electrons. The molecule has 19 heavy (non-hydrogen) atoms. The molecule has 1 aliphatic rings. The van der Waals surface area contributed by atoms with Crippen molar-refractivity contribution in [3.8, 4) is 0 Å². The van der Waals surface area contributed by atoms with Gasteiger partial charge in [-0.1, -0.05) is 48.1 Å². The van der Waals surface area contributed by atoms with Gasteiger partial charge in [0.1, 0.15) is 0 Å². The molecule has 0 saturated carbocycles. The Labute approximate surface area is 115 Å². The highest BCUT2D eigenvalue weighted by molar-refractivity contribution is 5.82. The summed E-state index contributed by atoms with van der Waals surface area (Å²) in [5.74, 6) is 0.386. The zero-order valence-corrected chi connectivity index (χ0v) is 12.1. The summed E-state index contributed by atoms with van der Waals surface area (Å²) in [6, 6.07) is 8.43. The predicted molar refractivity (Wildman–Crippen MR) is 82.6 cm³/mol. The molecule has 0 aromatic heterocycles. The average Bonchev–Trinajstić information content (AvgIpc) is 2.74. The maximum Gasteiger partial charge on any atom is 0.0543 e. The van der Waals surface area contributed by atoms with E-state index in [4.69, 9.17) is 0 Å². The van der Waals surface area contributed by atoms with Crippen molar-refractivity contribution in [2.75, 3.05) is 0 Å². The second kappa shape index (κ2) is 5.43. The molecule has 1 aromatic carbocycles. The van der Waals surface area contributed by atoms with E-state index in [9.17, 15) is 0 Å². The summed E-state index contributed by atoms with van der Waals surface area (Å²) in [7, 11) is 0. The molecular formula is C17H22N2. The fourth-order valence-corrected chi connectivity index (χ4v) is 2.13. The lowest BCUT2D eigenvalue weighted by Crippen LogP contribution is -2.31.